The Kier molecular flexibility index (Phi) is 4.87. The molecule has 0 aliphatic heterocycles. The Bertz CT molecular complexity index is 334. The molecule has 0 fully saturated rings. The highest BCUT2D eigenvalue weighted by Crippen LogP contribution is 1.93. The lowest BCUT2D eigenvalue weighted by Gasteiger charge is -2.13. The number of aliphatic hydroxyl groups excluding tert-OH is 1. The highest BCUT2D eigenvalue weighted by atomic mass is 16.3. The number of hydrogen-bond donors (Lipinski definition) is 3. The lowest BCUT2D eigenvalue weighted by Crippen LogP contribution is -2.38. The van der Waals surface area contributed by atoms with Gasteiger partial charge in [0, 0.05) is 6.54 Å². The number of carbonyl (C=O) groups excluding carboxylic acids is 1. The topological polar surface area (TPSA) is 106 Å². The first-order valence-electron chi connectivity index (χ1n) is 5.18. The number of aliphatic hydroxyl groups is 1. The van der Waals surface area contributed by atoms with E-state index in [-0.39, 0.29) is 25.1 Å². The lowest BCUT2D eigenvalue weighted by molar-refractivity contribution is -0.122. The molecule has 0 saturated carbocycles. The molecule has 1 amide bonds. The maximum absolute atomic E-state index is 11.5. The summed E-state index contributed by atoms with van der Waals surface area (Å²) in [5.74, 6) is -0.200. The van der Waals surface area contributed by atoms with Crippen molar-refractivity contribution in [1.82, 2.24) is 20.3 Å². The molecule has 7 nitrogen and oxygen atoms in total. The minimum absolute atomic E-state index is 0.0619. The largest absolute Gasteiger partial charge is 0.394 e. The van der Waals surface area contributed by atoms with Gasteiger partial charge < -0.3 is 16.2 Å². The van der Waals surface area contributed by atoms with E-state index in [0.29, 0.717) is 18.7 Å². The van der Waals surface area contributed by atoms with Crippen LogP contribution in [0.2, 0.25) is 0 Å². The number of aromatic nitrogens is 3. The molecule has 0 aliphatic rings. The Hall–Kier alpha value is -1.47. The molecule has 1 atom stereocenters. The number of nitrogens with zero attached hydrogens (tertiary/aromatic N) is 3. The van der Waals surface area contributed by atoms with Crippen LogP contribution in [0.25, 0.3) is 0 Å². The third-order valence-electron chi connectivity index (χ3n) is 2.18. The van der Waals surface area contributed by atoms with E-state index >= 15 is 0 Å². The van der Waals surface area contributed by atoms with Crippen LogP contribution in [0.15, 0.2) is 6.20 Å². The number of nitrogens with two attached hydrogens (primary N) is 1. The summed E-state index contributed by atoms with van der Waals surface area (Å²) in [6.45, 7) is 2.22. The smallest absolute Gasteiger partial charge is 0.242 e. The molecule has 1 aromatic heterocycles. The number of carbonyl (C=O) groups is 1. The second kappa shape index (κ2) is 6.19. The highest BCUT2D eigenvalue weighted by molar-refractivity contribution is 5.75. The Morgan fingerprint density at radius 3 is 3.00 bits per heavy atom. The summed E-state index contributed by atoms with van der Waals surface area (Å²) in [6, 6.07) is -0.204. The summed E-state index contributed by atoms with van der Waals surface area (Å²) in [7, 11) is 0. The molecule has 4 N–H and O–H groups in total. The van der Waals surface area contributed by atoms with Gasteiger partial charge in [-0.1, -0.05) is 12.1 Å². The van der Waals surface area contributed by atoms with Crippen molar-refractivity contribution in [1.29, 1.82) is 0 Å². The molecule has 90 valence electrons. The van der Waals surface area contributed by atoms with Crippen molar-refractivity contribution < 1.29 is 9.90 Å². The van der Waals surface area contributed by atoms with E-state index in [1.54, 1.807) is 6.20 Å². The molecule has 1 rings (SSSR count). The molecule has 0 saturated heterocycles. The van der Waals surface area contributed by atoms with Crippen molar-refractivity contribution in [2.75, 3.05) is 6.61 Å². The molecule has 0 spiro atoms. The second-order valence-electron chi connectivity index (χ2n) is 3.47. The summed E-state index contributed by atoms with van der Waals surface area (Å²) >= 11 is 0. The number of hydrogen-bond acceptors (Lipinski definition) is 5. The predicted octanol–water partition coefficient (Wildman–Crippen LogP) is -1.38. The van der Waals surface area contributed by atoms with Crippen LogP contribution < -0.4 is 11.1 Å². The number of amides is 1. The first kappa shape index (κ1) is 12.6. The molecule has 0 aromatic carbocycles. The summed E-state index contributed by atoms with van der Waals surface area (Å²) in [5.41, 5.74) is 6.01. The average molecular weight is 227 g/mol. The van der Waals surface area contributed by atoms with E-state index in [4.69, 9.17) is 10.8 Å². The van der Waals surface area contributed by atoms with Crippen molar-refractivity contribution in [2.24, 2.45) is 5.73 Å². The zero-order chi connectivity index (χ0) is 12.0. The van der Waals surface area contributed by atoms with Gasteiger partial charge in [-0.3, -0.25) is 4.79 Å². The van der Waals surface area contributed by atoms with Gasteiger partial charge in [-0.2, -0.15) is 0 Å². The van der Waals surface area contributed by atoms with Gasteiger partial charge in [-0.05, 0) is 6.42 Å². The molecule has 16 heavy (non-hydrogen) atoms. The van der Waals surface area contributed by atoms with Gasteiger partial charge in [0.05, 0.1) is 24.5 Å². The molecule has 7 heteroatoms. The third kappa shape index (κ3) is 3.59. The van der Waals surface area contributed by atoms with Crippen molar-refractivity contribution in [3.05, 3.63) is 11.9 Å². The Labute approximate surface area is 93.6 Å². The van der Waals surface area contributed by atoms with E-state index < -0.39 is 0 Å². The van der Waals surface area contributed by atoms with E-state index in [9.17, 15) is 4.79 Å². The Morgan fingerprint density at radius 2 is 2.50 bits per heavy atom. The number of rotatable bonds is 6. The SMILES string of the molecule is CC[C@H](CO)NC(=O)Cn1cc(CN)nn1. The van der Waals surface area contributed by atoms with Gasteiger partial charge >= 0.3 is 0 Å². The van der Waals surface area contributed by atoms with Crippen LogP contribution in [0, 0.1) is 0 Å². The maximum Gasteiger partial charge on any atom is 0.242 e. The van der Waals surface area contributed by atoms with Crippen molar-refractivity contribution >= 4 is 5.91 Å². The fourth-order valence-electron chi connectivity index (χ4n) is 1.21. The first-order chi connectivity index (χ1) is 7.69. The van der Waals surface area contributed by atoms with Crippen LogP contribution in [0.4, 0.5) is 0 Å². The van der Waals surface area contributed by atoms with Gasteiger partial charge in [0.25, 0.3) is 0 Å². The van der Waals surface area contributed by atoms with Crippen LogP contribution >= 0.6 is 0 Å². The molecular weight excluding hydrogens is 210 g/mol. The zero-order valence-corrected chi connectivity index (χ0v) is 9.26. The summed E-state index contributed by atoms with van der Waals surface area (Å²) < 4.78 is 1.42. The van der Waals surface area contributed by atoms with Gasteiger partial charge in [-0.25, -0.2) is 4.68 Å². The molecule has 1 aromatic rings. The number of nitrogens with one attached hydrogen (secondary N) is 1. The van der Waals surface area contributed by atoms with E-state index in [1.807, 2.05) is 6.92 Å². The monoisotopic (exact) mass is 227 g/mol. The van der Waals surface area contributed by atoms with Crippen LogP contribution in [0.1, 0.15) is 19.0 Å². The average Bonchev–Trinajstić information content (AvgIpc) is 2.73. The molecule has 0 bridgehead atoms. The van der Waals surface area contributed by atoms with Crippen LogP contribution in [0.3, 0.4) is 0 Å². The van der Waals surface area contributed by atoms with Crippen molar-refractivity contribution in [3.63, 3.8) is 0 Å². The molecule has 0 radical (unpaired) electrons. The lowest BCUT2D eigenvalue weighted by atomic mass is 10.2. The standard InChI is InChI=1S/C9H17N5O2/c1-2-7(6-15)11-9(16)5-14-4-8(3-10)12-13-14/h4,7,15H,2-3,5-6,10H2,1H3,(H,11,16)/t7-/m1/s1. The van der Waals surface area contributed by atoms with E-state index in [1.165, 1.54) is 4.68 Å². The quantitative estimate of drug-likeness (QED) is 0.555. The van der Waals surface area contributed by atoms with Gasteiger partial charge in [-0.15, -0.1) is 5.10 Å². The Morgan fingerprint density at radius 1 is 1.75 bits per heavy atom. The van der Waals surface area contributed by atoms with Crippen LogP contribution in [0.5, 0.6) is 0 Å². The molecule has 1 heterocycles. The van der Waals surface area contributed by atoms with Crippen LogP contribution in [-0.4, -0.2) is 38.7 Å². The second-order valence-corrected chi connectivity index (χ2v) is 3.47. The van der Waals surface area contributed by atoms with Gasteiger partial charge in [0.15, 0.2) is 0 Å². The zero-order valence-electron chi connectivity index (χ0n) is 9.26. The maximum atomic E-state index is 11.5. The molecular formula is C9H17N5O2. The minimum atomic E-state index is -0.204. The molecule has 0 unspecified atom stereocenters. The fourth-order valence-corrected chi connectivity index (χ4v) is 1.21. The normalized spacial score (nSPS) is 12.4. The van der Waals surface area contributed by atoms with Crippen molar-refractivity contribution in [3.8, 4) is 0 Å². The summed E-state index contributed by atoms with van der Waals surface area (Å²) in [6.07, 6.45) is 2.31. The summed E-state index contributed by atoms with van der Waals surface area (Å²) in [4.78, 5) is 11.5. The van der Waals surface area contributed by atoms with E-state index in [2.05, 4.69) is 15.6 Å². The third-order valence-corrected chi connectivity index (χ3v) is 2.18. The predicted molar refractivity (Wildman–Crippen MR) is 57.2 cm³/mol. The van der Waals surface area contributed by atoms with Gasteiger partial charge in [0.1, 0.15) is 6.54 Å². The summed E-state index contributed by atoms with van der Waals surface area (Å²) in [5, 5.41) is 19.1. The highest BCUT2D eigenvalue weighted by Gasteiger charge is 2.10. The fraction of sp³-hybridized carbons (Fsp3) is 0.667. The van der Waals surface area contributed by atoms with E-state index in [0.717, 1.165) is 0 Å². The minimum Gasteiger partial charge on any atom is -0.394 e. The van der Waals surface area contributed by atoms with Crippen molar-refractivity contribution in [2.45, 2.75) is 32.5 Å². The Balaban J connectivity index is 2.44. The molecule has 0 aliphatic carbocycles. The first-order valence-corrected chi connectivity index (χ1v) is 5.18. The van der Waals surface area contributed by atoms with Gasteiger partial charge in [0.2, 0.25) is 5.91 Å². The van der Waals surface area contributed by atoms with Crippen LogP contribution in [-0.2, 0) is 17.9 Å².